The third kappa shape index (κ3) is 4.15. The van der Waals surface area contributed by atoms with Crippen LogP contribution in [-0.4, -0.2) is 0 Å². The Balaban J connectivity index is 2.03. The van der Waals surface area contributed by atoms with Crippen molar-refractivity contribution in [3.8, 4) is 0 Å². The quantitative estimate of drug-likeness (QED) is 0.537. The van der Waals surface area contributed by atoms with E-state index in [0.29, 0.717) is 0 Å². The molecule has 1 aliphatic carbocycles. The molecule has 0 heteroatoms. The Morgan fingerprint density at radius 3 is 2.00 bits per heavy atom. The molecule has 1 fully saturated rings. The van der Waals surface area contributed by atoms with E-state index in [0.717, 1.165) is 11.8 Å². The molecule has 0 heterocycles. The van der Waals surface area contributed by atoms with Gasteiger partial charge in [0.25, 0.3) is 0 Å². The first kappa shape index (κ1) is 11.1. The first-order chi connectivity index (χ1) is 6.36. The van der Waals surface area contributed by atoms with Crippen molar-refractivity contribution in [2.45, 2.75) is 71.6 Å². The maximum Gasteiger partial charge on any atom is -0.0414 e. The summed E-state index contributed by atoms with van der Waals surface area (Å²) >= 11 is 0. The molecule has 0 N–H and O–H groups in total. The Labute approximate surface area is 84.1 Å². The van der Waals surface area contributed by atoms with Gasteiger partial charge in [-0.2, -0.15) is 0 Å². The zero-order valence-electron chi connectivity index (χ0n) is 9.52. The van der Waals surface area contributed by atoms with Crippen LogP contribution in [0.3, 0.4) is 0 Å². The number of unbranched alkanes of at least 4 members (excludes halogenated alkanes) is 2. The molecule has 13 heavy (non-hydrogen) atoms. The Morgan fingerprint density at radius 2 is 1.46 bits per heavy atom. The second-order valence-electron chi connectivity index (χ2n) is 4.79. The standard InChI is InChI=1S/C13H26/c1-3-5-6-7-13-10-8-12(4-2)9-11-13/h12-13H,3-11H2,1-2H3/t12-,13-. The van der Waals surface area contributed by atoms with Gasteiger partial charge in [-0.05, 0) is 11.8 Å². The Hall–Kier alpha value is 0. The van der Waals surface area contributed by atoms with Gasteiger partial charge >= 0.3 is 0 Å². The van der Waals surface area contributed by atoms with Gasteiger partial charge in [-0.3, -0.25) is 0 Å². The van der Waals surface area contributed by atoms with E-state index in [1.165, 1.54) is 57.8 Å². The van der Waals surface area contributed by atoms with Gasteiger partial charge < -0.3 is 0 Å². The molecule has 0 spiro atoms. The van der Waals surface area contributed by atoms with Crippen LogP contribution in [0.1, 0.15) is 71.6 Å². The van der Waals surface area contributed by atoms with Crippen molar-refractivity contribution in [3.63, 3.8) is 0 Å². The molecule has 0 saturated heterocycles. The van der Waals surface area contributed by atoms with Crippen LogP contribution in [-0.2, 0) is 0 Å². The molecule has 0 aromatic rings. The minimum absolute atomic E-state index is 1.07. The Bertz CT molecular complexity index is 106. The normalized spacial score (nSPS) is 29.1. The van der Waals surface area contributed by atoms with Crippen molar-refractivity contribution in [1.82, 2.24) is 0 Å². The molecule has 0 aromatic heterocycles. The molecule has 0 radical (unpaired) electrons. The summed E-state index contributed by atoms with van der Waals surface area (Å²) in [6.45, 7) is 4.65. The molecule has 1 aliphatic rings. The summed E-state index contributed by atoms with van der Waals surface area (Å²) < 4.78 is 0. The summed E-state index contributed by atoms with van der Waals surface area (Å²) in [6, 6.07) is 0. The highest BCUT2D eigenvalue weighted by Gasteiger charge is 2.18. The highest BCUT2D eigenvalue weighted by molar-refractivity contribution is 4.71. The van der Waals surface area contributed by atoms with Crippen LogP contribution in [0.2, 0.25) is 0 Å². The summed E-state index contributed by atoms with van der Waals surface area (Å²) in [7, 11) is 0. The van der Waals surface area contributed by atoms with Crippen LogP contribution in [0, 0.1) is 11.8 Å². The lowest BCUT2D eigenvalue weighted by Crippen LogP contribution is -2.13. The zero-order valence-corrected chi connectivity index (χ0v) is 9.52. The van der Waals surface area contributed by atoms with Gasteiger partial charge in [-0.1, -0.05) is 71.6 Å². The monoisotopic (exact) mass is 182 g/mol. The second-order valence-corrected chi connectivity index (χ2v) is 4.79. The van der Waals surface area contributed by atoms with E-state index in [4.69, 9.17) is 0 Å². The minimum Gasteiger partial charge on any atom is -0.0654 e. The fourth-order valence-corrected chi connectivity index (χ4v) is 2.61. The summed E-state index contributed by atoms with van der Waals surface area (Å²) in [4.78, 5) is 0. The van der Waals surface area contributed by atoms with Gasteiger partial charge in [0.2, 0.25) is 0 Å². The van der Waals surface area contributed by atoms with E-state index < -0.39 is 0 Å². The topological polar surface area (TPSA) is 0 Å². The van der Waals surface area contributed by atoms with E-state index in [1.54, 1.807) is 0 Å². The summed E-state index contributed by atoms with van der Waals surface area (Å²) in [5.74, 6) is 2.16. The Morgan fingerprint density at radius 1 is 0.846 bits per heavy atom. The maximum atomic E-state index is 2.35. The lowest BCUT2D eigenvalue weighted by atomic mass is 9.79. The largest absolute Gasteiger partial charge is 0.0654 e. The van der Waals surface area contributed by atoms with E-state index >= 15 is 0 Å². The van der Waals surface area contributed by atoms with Crippen molar-refractivity contribution < 1.29 is 0 Å². The van der Waals surface area contributed by atoms with E-state index in [1.807, 2.05) is 0 Å². The van der Waals surface area contributed by atoms with E-state index in [9.17, 15) is 0 Å². The van der Waals surface area contributed by atoms with Gasteiger partial charge in [-0.25, -0.2) is 0 Å². The van der Waals surface area contributed by atoms with Crippen LogP contribution >= 0.6 is 0 Å². The molecule has 0 amide bonds. The predicted molar refractivity (Wildman–Crippen MR) is 59.9 cm³/mol. The SMILES string of the molecule is CCCCC[C@H]1CC[C@H](CC)CC1. The van der Waals surface area contributed by atoms with Crippen molar-refractivity contribution in [2.75, 3.05) is 0 Å². The number of rotatable bonds is 5. The van der Waals surface area contributed by atoms with Gasteiger partial charge in [0.1, 0.15) is 0 Å². The molecule has 1 rings (SSSR count). The summed E-state index contributed by atoms with van der Waals surface area (Å²) in [5.41, 5.74) is 0. The number of hydrogen-bond donors (Lipinski definition) is 0. The molecule has 0 nitrogen and oxygen atoms in total. The van der Waals surface area contributed by atoms with Crippen LogP contribution < -0.4 is 0 Å². The fraction of sp³-hybridized carbons (Fsp3) is 1.00. The first-order valence-corrected chi connectivity index (χ1v) is 6.36. The van der Waals surface area contributed by atoms with Crippen molar-refractivity contribution >= 4 is 0 Å². The highest BCUT2D eigenvalue weighted by atomic mass is 14.2. The fourth-order valence-electron chi connectivity index (χ4n) is 2.61. The minimum atomic E-state index is 1.07. The molecule has 1 saturated carbocycles. The zero-order chi connectivity index (χ0) is 9.52. The summed E-state index contributed by atoms with van der Waals surface area (Å²) in [6.07, 6.45) is 13.4. The average molecular weight is 182 g/mol. The maximum absolute atomic E-state index is 2.35. The van der Waals surface area contributed by atoms with Crippen molar-refractivity contribution in [1.29, 1.82) is 0 Å². The van der Waals surface area contributed by atoms with E-state index in [-0.39, 0.29) is 0 Å². The van der Waals surface area contributed by atoms with Crippen LogP contribution in [0.25, 0.3) is 0 Å². The molecule has 78 valence electrons. The molecular weight excluding hydrogens is 156 g/mol. The molecule has 0 unspecified atom stereocenters. The average Bonchev–Trinajstić information content (AvgIpc) is 2.19. The van der Waals surface area contributed by atoms with Gasteiger partial charge in [0, 0.05) is 0 Å². The molecule has 0 bridgehead atoms. The molecule has 0 atom stereocenters. The van der Waals surface area contributed by atoms with E-state index in [2.05, 4.69) is 13.8 Å². The highest BCUT2D eigenvalue weighted by Crippen LogP contribution is 2.33. The lowest BCUT2D eigenvalue weighted by molar-refractivity contribution is 0.254. The summed E-state index contributed by atoms with van der Waals surface area (Å²) in [5, 5.41) is 0. The number of hydrogen-bond acceptors (Lipinski definition) is 0. The molecule has 0 aliphatic heterocycles. The lowest BCUT2D eigenvalue weighted by Gasteiger charge is -2.27. The molecule has 0 aromatic carbocycles. The van der Waals surface area contributed by atoms with Crippen LogP contribution in [0.15, 0.2) is 0 Å². The van der Waals surface area contributed by atoms with Gasteiger partial charge in [0.05, 0.1) is 0 Å². The predicted octanol–water partition coefficient (Wildman–Crippen LogP) is 4.78. The van der Waals surface area contributed by atoms with Crippen molar-refractivity contribution in [3.05, 3.63) is 0 Å². The second kappa shape index (κ2) is 6.45. The smallest absolute Gasteiger partial charge is 0.0414 e. The van der Waals surface area contributed by atoms with Crippen molar-refractivity contribution in [2.24, 2.45) is 11.8 Å². The van der Waals surface area contributed by atoms with Crippen LogP contribution in [0.4, 0.5) is 0 Å². The first-order valence-electron chi connectivity index (χ1n) is 6.36. The van der Waals surface area contributed by atoms with Crippen LogP contribution in [0.5, 0.6) is 0 Å². The Kier molecular flexibility index (Phi) is 5.50. The van der Waals surface area contributed by atoms with Gasteiger partial charge in [-0.15, -0.1) is 0 Å². The van der Waals surface area contributed by atoms with Gasteiger partial charge in [0.15, 0.2) is 0 Å². The third-order valence-corrected chi connectivity index (χ3v) is 3.76. The molecular formula is C13H26. The third-order valence-electron chi connectivity index (χ3n) is 3.76.